The highest BCUT2D eigenvalue weighted by atomic mass is 35.5. The largest absolute Gasteiger partial charge is 0.481 e. The van der Waals surface area contributed by atoms with Gasteiger partial charge in [0.2, 0.25) is 0 Å². The molecular weight excluding hydrogens is 362 g/mol. The van der Waals surface area contributed by atoms with Crippen LogP contribution < -0.4 is 15.6 Å². The first-order chi connectivity index (χ1) is 12.3. The molecule has 0 unspecified atom stereocenters. The van der Waals surface area contributed by atoms with Crippen LogP contribution in [0, 0.1) is 17.0 Å². The first kappa shape index (κ1) is 19.2. The van der Waals surface area contributed by atoms with Gasteiger partial charge in [-0.05, 0) is 38.1 Å². The summed E-state index contributed by atoms with van der Waals surface area (Å²) in [4.78, 5) is 34.4. The van der Waals surface area contributed by atoms with E-state index in [0.717, 1.165) is 6.07 Å². The van der Waals surface area contributed by atoms with Crippen LogP contribution in [0.3, 0.4) is 0 Å². The number of hydrazine groups is 1. The van der Waals surface area contributed by atoms with Crippen molar-refractivity contribution in [2.24, 2.45) is 0 Å². The Hall–Kier alpha value is -3.13. The molecule has 2 amide bonds. The number of nitrogens with zero attached hydrogens (tertiary/aromatic N) is 1. The van der Waals surface area contributed by atoms with Gasteiger partial charge in [0.05, 0.1) is 4.92 Å². The molecule has 0 aliphatic heterocycles. The van der Waals surface area contributed by atoms with Crippen LogP contribution in [0.1, 0.15) is 22.8 Å². The van der Waals surface area contributed by atoms with Crippen LogP contribution in [-0.2, 0) is 4.79 Å². The van der Waals surface area contributed by atoms with Crippen molar-refractivity contribution in [1.29, 1.82) is 0 Å². The number of nitrogens with one attached hydrogen (secondary N) is 2. The van der Waals surface area contributed by atoms with Crippen LogP contribution in [0.4, 0.5) is 5.69 Å². The molecule has 0 bridgehead atoms. The number of hydrogen-bond donors (Lipinski definition) is 2. The van der Waals surface area contributed by atoms with Gasteiger partial charge in [0, 0.05) is 22.2 Å². The lowest BCUT2D eigenvalue weighted by molar-refractivity contribution is -0.385. The second-order valence-corrected chi connectivity index (χ2v) is 5.86. The average molecular weight is 378 g/mol. The third-order valence-corrected chi connectivity index (χ3v) is 3.68. The molecule has 0 saturated carbocycles. The van der Waals surface area contributed by atoms with Gasteiger partial charge >= 0.3 is 0 Å². The Morgan fingerprint density at radius 3 is 2.58 bits per heavy atom. The molecule has 2 rings (SSSR count). The standard InChI is InChI=1S/C17H16ClN3O5/c1-10-6-7-12(8-15(10)21(24)25)17(23)20-19-16(22)11(2)26-14-5-3-4-13(18)9-14/h3-9,11H,1-2H3,(H,19,22)(H,20,23)/t11-/m0/s1. The molecule has 0 aromatic heterocycles. The normalized spacial score (nSPS) is 11.3. The second-order valence-electron chi connectivity index (χ2n) is 5.42. The monoisotopic (exact) mass is 377 g/mol. The molecule has 0 fully saturated rings. The van der Waals surface area contributed by atoms with Crippen LogP contribution in [0.5, 0.6) is 5.75 Å². The highest BCUT2D eigenvalue weighted by molar-refractivity contribution is 6.30. The summed E-state index contributed by atoms with van der Waals surface area (Å²) >= 11 is 5.84. The molecular formula is C17H16ClN3O5. The van der Waals surface area contributed by atoms with Crippen molar-refractivity contribution >= 4 is 29.1 Å². The van der Waals surface area contributed by atoms with Crippen molar-refractivity contribution in [1.82, 2.24) is 10.9 Å². The average Bonchev–Trinajstić information content (AvgIpc) is 2.59. The van der Waals surface area contributed by atoms with Crippen molar-refractivity contribution < 1.29 is 19.2 Å². The third kappa shape index (κ3) is 4.93. The number of carbonyl (C=O) groups is 2. The van der Waals surface area contributed by atoms with Crippen LogP contribution in [0.2, 0.25) is 5.02 Å². The molecule has 26 heavy (non-hydrogen) atoms. The maximum absolute atomic E-state index is 12.1. The van der Waals surface area contributed by atoms with E-state index in [1.807, 2.05) is 0 Å². The van der Waals surface area contributed by atoms with Gasteiger partial charge in [-0.1, -0.05) is 23.7 Å². The van der Waals surface area contributed by atoms with Crippen molar-refractivity contribution in [3.63, 3.8) is 0 Å². The molecule has 2 aromatic carbocycles. The quantitative estimate of drug-likeness (QED) is 0.614. The van der Waals surface area contributed by atoms with Gasteiger partial charge in [0.25, 0.3) is 17.5 Å². The molecule has 0 radical (unpaired) electrons. The lowest BCUT2D eigenvalue weighted by Crippen LogP contribution is -2.47. The first-order valence-corrected chi connectivity index (χ1v) is 7.93. The van der Waals surface area contributed by atoms with E-state index in [0.29, 0.717) is 16.3 Å². The smallest absolute Gasteiger partial charge is 0.279 e. The second kappa shape index (κ2) is 8.30. The van der Waals surface area contributed by atoms with Gasteiger partial charge in [0.15, 0.2) is 6.10 Å². The number of ether oxygens (including phenoxy) is 1. The molecule has 0 heterocycles. The molecule has 0 aliphatic rings. The van der Waals surface area contributed by atoms with Crippen LogP contribution >= 0.6 is 11.6 Å². The van der Waals surface area contributed by atoms with Gasteiger partial charge in [-0.15, -0.1) is 0 Å². The first-order valence-electron chi connectivity index (χ1n) is 7.55. The summed E-state index contributed by atoms with van der Waals surface area (Å²) in [6, 6.07) is 10.6. The molecule has 0 saturated heterocycles. The van der Waals surface area contributed by atoms with Crippen LogP contribution in [0.15, 0.2) is 42.5 Å². The lowest BCUT2D eigenvalue weighted by atomic mass is 10.1. The summed E-state index contributed by atoms with van der Waals surface area (Å²) in [5.74, 6) is -0.878. The molecule has 136 valence electrons. The van der Waals surface area contributed by atoms with E-state index >= 15 is 0 Å². The number of amides is 2. The van der Waals surface area contributed by atoms with Crippen molar-refractivity contribution in [2.75, 3.05) is 0 Å². The Morgan fingerprint density at radius 1 is 1.19 bits per heavy atom. The molecule has 0 spiro atoms. The van der Waals surface area contributed by atoms with E-state index in [4.69, 9.17) is 16.3 Å². The zero-order valence-corrected chi connectivity index (χ0v) is 14.7. The van der Waals surface area contributed by atoms with Crippen LogP contribution in [-0.4, -0.2) is 22.8 Å². The molecule has 0 aliphatic carbocycles. The minimum absolute atomic E-state index is 0.0472. The Balaban J connectivity index is 1.95. The van der Waals surface area contributed by atoms with Gasteiger partial charge < -0.3 is 4.74 Å². The predicted molar refractivity (Wildman–Crippen MR) is 95.0 cm³/mol. The topological polar surface area (TPSA) is 111 Å². The highest BCUT2D eigenvalue weighted by Gasteiger charge is 2.18. The number of aryl methyl sites for hydroxylation is 1. The maximum Gasteiger partial charge on any atom is 0.279 e. The third-order valence-electron chi connectivity index (χ3n) is 3.45. The van der Waals surface area contributed by atoms with E-state index < -0.39 is 22.8 Å². The van der Waals surface area contributed by atoms with Crippen LogP contribution in [0.25, 0.3) is 0 Å². The summed E-state index contributed by atoms with van der Waals surface area (Å²) in [7, 11) is 0. The predicted octanol–water partition coefficient (Wildman–Crippen LogP) is 2.79. The number of rotatable bonds is 5. The summed E-state index contributed by atoms with van der Waals surface area (Å²) in [6.07, 6.45) is -0.902. The lowest BCUT2D eigenvalue weighted by Gasteiger charge is -2.15. The molecule has 1 atom stereocenters. The van der Waals surface area contributed by atoms with Gasteiger partial charge in [-0.2, -0.15) is 0 Å². The fourth-order valence-electron chi connectivity index (χ4n) is 2.04. The Morgan fingerprint density at radius 2 is 1.92 bits per heavy atom. The minimum atomic E-state index is -0.902. The number of nitro benzene ring substituents is 1. The highest BCUT2D eigenvalue weighted by Crippen LogP contribution is 2.19. The molecule has 2 N–H and O–H groups in total. The van der Waals surface area contributed by atoms with Gasteiger partial charge in [-0.3, -0.25) is 30.6 Å². The zero-order chi connectivity index (χ0) is 19.3. The summed E-state index contributed by atoms with van der Waals surface area (Å²) in [6.45, 7) is 3.07. The molecule has 9 heteroatoms. The van der Waals surface area contributed by atoms with Crippen molar-refractivity contribution in [2.45, 2.75) is 20.0 Å². The summed E-state index contributed by atoms with van der Waals surface area (Å²) in [5, 5.41) is 11.4. The van der Waals surface area contributed by atoms with Crippen molar-refractivity contribution in [3.8, 4) is 5.75 Å². The summed E-state index contributed by atoms with van der Waals surface area (Å²) < 4.78 is 5.42. The zero-order valence-electron chi connectivity index (χ0n) is 14.0. The van der Waals surface area contributed by atoms with E-state index in [9.17, 15) is 19.7 Å². The van der Waals surface area contributed by atoms with Crippen molar-refractivity contribution in [3.05, 3.63) is 68.7 Å². The SMILES string of the molecule is Cc1ccc(C(=O)NNC(=O)[C@H](C)Oc2cccc(Cl)c2)cc1[N+](=O)[O-]. The van der Waals surface area contributed by atoms with E-state index in [1.54, 1.807) is 31.2 Å². The number of nitro groups is 1. The number of halogens is 1. The Labute approximate surface area is 154 Å². The Kier molecular flexibility index (Phi) is 6.13. The van der Waals surface area contributed by atoms with Gasteiger partial charge in [0.1, 0.15) is 5.75 Å². The van der Waals surface area contributed by atoms with E-state index in [2.05, 4.69) is 10.9 Å². The van der Waals surface area contributed by atoms with Gasteiger partial charge in [-0.25, -0.2) is 0 Å². The number of hydrogen-bond acceptors (Lipinski definition) is 5. The fourth-order valence-corrected chi connectivity index (χ4v) is 2.22. The number of benzene rings is 2. The van der Waals surface area contributed by atoms with E-state index in [-0.39, 0.29) is 11.3 Å². The fraction of sp³-hybridized carbons (Fsp3) is 0.176. The number of carbonyl (C=O) groups excluding carboxylic acids is 2. The molecule has 2 aromatic rings. The Bertz CT molecular complexity index is 856. The minimum Gasteiger partial charge on any atom is -0.481 e. The van der Waals surface area contributed by atoms with E-state index in [1.165, 1.54) is 19.1 Å². The maximum atomic E-state index is 12.1. The molecule has 8 nitrogen and oxygen atoms in total. The summed E-state index contributed by atoms with van der Waals surface area (Å²) in [5.41, 5.74) is 4.71.